The van der Waals surface area contributed by atoms with Crippen molar-refractivity contribution in [1.29, 1.82) is 0 Å². The number of hydrogen-bond donors (Lipinski definition) is 2. The van der Waals surface area contributed by atoms with Gasteiger partial charge in [0.25, 0.3) is 0 Å². The van der Waals surface area contributed by atoms with Crippen molar-refractivity contribution in [3.63, 3.8) is 0 Å². The molecule has 0 bridgehead atoms. The Hall–Kier alpha value is 0.270. The lowest BCUT2D eigenvalue weighted by molar-refractivity contribution is 0.0825. The molecule has 0 aromatic rings. The third kappa shape index (κ3) is 15.2. The lowest BCUT2D eigenvalue weighted by atomic mass is 9.97. The molecular weight excluding hydrogens is 299 g/mol. The minimum Gasteiger partial charge on any atom is -0.396 e. The average Bonchev–Trinajstić information content (AvgIpc) is 2.50. The third-order valence-corrected chi connectivity index (χ3v) is 4.45. The first-order valence-electron chi connectivity index (χ1n) is 8.87. The van der Waals surface area contributed by atoms with Crippen molar-refractivity contribution in [2.45, 2.75) is 85.0 Å². The summed E-state index contributed by atoms with van der Waals surface area (Å²) in [4.78, 5) is 9.59. The molecule has 22 heavy (non-hydrogen) atoms. The molecule has 134 valence electrons. The average molecular weight is 336 g/mol. The quantitative estimate of drug-likeness (QED) is 0.301. The van der Waals surface area contributed by atoms with Gasteiger partial charge in [0.2, 0.25) is 0 Å². The van der Waals surface area contributed by atoms with Gasteiger partial charge in [-0.1, -0.05) is 78.6 Å². The van der Waals surface area contributed by atoms with Crippen LogP contribution in [-0.4, -0.2) is 29.8 Å². The number of aliphatic hydroxyl groups excluding tert-OH is 1. The molecule has 0 amide bonds. The fourth-order valence-electron chi connectivity index (χ4n) is 2.05. The second-order valence-electron chi connectivity index (χ2n) is 6.85. The molecule has 1 unspecified atom stereocenters. The first-order chi connectivity index (χ1) is 10.5. The predicted molar refractivity (Wildman–Crippen MR) is 93.8 cm³/mol. The maximum atomic E-state index is 9.59. The minimum atomic E-state index is -1.80. The van der Waals surface area contributed by atoms with Crippen molar-refractivity contribution in [2.24, 2.45) is 5.41 Å². The van der Waals surface area contributed by atoms with Crippen molar-refractivity contribution in [1.82, 2.24) is 0 Å². The number of aliphatic hydroxyl groups is 1. The van der Waals surface area contributed by atoms with Crippen LogP contribution in [0.2, 0.25) is 0 Å². The summed E-state index contributed by atoms with van der Waals surface area (Å²) in [5.74, 6) is 0. The Labute approximate surface area is 138 Å². The molecule has 0 heterocycles. The standard InChI is InChI=1S/C17H37O4P/c1-4-5-6-7-8-9-10-11-12-13-14-20-22(19)21-16-17(2,3)15-18/h18-19H,4-16H2,1-3H3. The van der Waals surface area contributed by atoms with E-state index in [4.69, 9.17) is 14.2 Å². The summed E-state index contributed by atoms with van der Waals surface area (Å²) in [6.07, 6.45) is 12.9. The fraction of sp³-hybridized carbons (Fsp3) is 1.00. The molecule has 0 aliphatic rings. The van der Waals surface area contributed by atoms with Crippen LogP contribution < -0.4 is 0 Å². The lowest BCUT2D eigenvalue weighted by Gasteiger charge is -2.22. The molecule has 0 fully saturated rings. The third-order valence-electron chi connectivity index (χ3n) is 3.69. The molecule has 0 rings (SSSR count). The maximum absolute atomic E-state index is 9.59. The summed E-state index contributed by atoms with van der Waals surface area (Å²) in [5.41, 5.74) is -0.330. The van der Waals surface area contributed by atoms with Gasteiger partial charge in [0, 0.05) is 5.41 Å². The lowest BCUT2D eigenvalue weighted by Crippen LogP contribution is -2.22. The van der Waals surface area contributed by atoms with Gasteiger partial charge >= 0.3 is 8.60 Å². The molecule has 1 atom stereocenters. The van der Waals surface area contributed by atoms with Crippen LogP contribution in [0.25, 0.3) is 0 Å². The van der Waals surface area contributed by atoms with Crippen LogP contribution in [0, 0.1) is 5.41 Å². The minimum absolute atomic E-state index is 0.0363. The van der Waals surface area contributed by atoms with Gasteiger partial charge in [-0.25, -0.2) is 0 Å². The van der Waals surface area contributed by atoms with Crippen LogP contribution in [0.1, 0.15) is 85.0 Å². The summed E-state index contributed by atoms with van der Waals surface area (Å²) < 4.78 is 10.5. The first kappa shape index (κ1) is 22.3. The molecule has 0 spiro atoms. The number of hydrogen-bond acceptors (Lipinski definition) is 4. The van der Waals surface area contributed by atoms with E-state index in [0.717, 1.165) is 12.8 Å². The summed E-state index contributed by atoms with van der Waals surface area (Å²) >= 11 is 0. The van der Waals surface area contributed by atoms with Crippen molar-refractivity contribution >= 4 is 8.60 Å². The van der Waals surface area contributed by atoms with Gasteiger partial charge in [-0.05, 0) is 6.42 Å². The zero-order chi connectivity index (χ0) is 16.7. The summed E-state index contributed by atoms with van der Waals surface area (Å²) in [7, 11) is -1.80. The van der Waals surface area contributed by atoms with Crippen molar-refractivity contribution in [2.75, 3.05) is 19.8 Å². The van der Waals surface area contributed by atoms with E-state index in [2.05, 4.69) is 6.92 Å². The monoisotopic (exact) mass is 336 g/mol. The number of rotatable bonds is 16. The van der Waals surface area contributed by atoms with Gasteiger partial charge in [0.15, 0.2) is 0 Å². The van der Waals surface area contributed by atoms with Gasteiger partial charge in [0.1, 0.15) is 0 Å². The zero-order valence-corrected chi connectivity index (χ0v) is 15.7. The van der Waals surface area contributed by atoms with Gasteiger partial charge in [-0.3, -0.25) is 0 Å². The summed E-state index contributed by atoms with van der Waals surface area (Å²) in [5, 5.41) is 9.09. The highest BCUT2D eigenvalue weighted by atomic mass is 31.2. The Bertz CT molecular complexity index is 237. The Morgan fingerprint density at radius 1 is 0.818 bits per heavy atom. The fourth-order valence-corrected chi connectivity index (χ4v) is 2.86. The van der Waals surface area contributed by atoms with Crippen molar-refractivity contribution in [3.8, 4) is 0 Å². The van der Waals surface area contributed by atoms with E-state index in [0.29, 0.717) is 13.2 Å². The molecule has 4 nitrogen and oxygen atoms in total. The molecular formula is C17H37O4P. The second kappa shape index (κ2) is 14.8. The van der Waals surface area contributed by atoms with Crippen LogP contribution in [0.3, 0.4) is 0 Å². The molecule has 0 aliphatic carbocycles. The zero-order valence-electron chi connectivity index (χ0n) is 14.9. The summed E-state index contributed by atoms with van der Waals surface area (Å²) in [6.45, 7) is 6.92. The smallest absolute Gasteiger partial charge is 0.329 e. The Morgan fingerprint density at radius 3 is 1.82 bits per heavy atom. The largest absolute Gasteiger partial charge is 0.396 e. The van der Waals surface area contributed by atoms with E-state index in [1.165, 1.54) is 51.4 Å². The van der Waals surface area contributed by atoms with Crippen molar-refractivity contribution in [3.05, 3.63) is 0 Å². The Balaban J connectivity index is 3.25. The molecule has 0 saturated carbocycles. The van der Waals surface area contributed by atoms with Gasteiger partial charge in [-0.15, -0.1) is 0 Å². The summed E-state index contributed by atoms with van der Waals surface area (Å²) in [6, 6.07) is 0. The SMILES string of the molecule is CCCCCCCCCCCCOP(O)OCC(C)(C)CO. The van der Waals surface area contributed by atoms with E-state index >= 15 is 0 Å². The molecule has 0 radical (unpaired) electrons. The molecule has 0 aromatic heterocycles. The molecule has 5 heteroatoms. The van der Waals surface area contributed by atoms with Crippen molar-refractivity contribution < 1.29 is 19.0 Å². The predicted octanol–water partition coefficient (Wildman–Crippen LogP) is 5.18. The van der Waals surface area contributed by atoms with Crippen LogP contribution in [-0.2, 0) is 9.05 Å². The molecule has 0 aromatic carbocycles. The Morgan fingerprint density at radius 2 is 1.32 bits per heavy atom. The number of unbranched alkanes of at least 4 members (excludes halogenated alkanes) is 9. The highest BCUT2D eigenvalue weighted by Crippen LogP contribution is 2.35. The van der Waals surface area contributed by atoms with E-state index in [1.807, 2.05) is 13.8 Å². The van der Waals surface area contributed by atoms with Crippen LogP contribution in [0.5, 0.6) is 0 Å². The molecule has 2 N–H and O–H groups in total. The molecule has 0 saturated heterocycles. The Kier molecular flexibility index (Phi) is 15.0. The van der Waals surface area contributed by atoms with E-state index < -0.39 is 8.60 Å². The first-order valence-corrected chi connectivity index (χ1v) is 10.0. The van der Waals surface area contributed by atoms with Crippen LogP contribution in [0.4, 0.5) is 0 Å². The highest BCUT2D eigenvalue weighted by molar-refractivity contribution is 7.40. The van der Waals surface area contributed by atoms with E-state index in [-0.39, 0.29) is 12.0 Å². The normalized spacial score (nSPS) is 13.5. The molecule has 0 aliphatic heterocycles. The van der Waals surface area contributed by atoms with Gasteiger partial charge < -0.3 is 19.0 Å². The van der Waals surface area contributed by atoms with Crippen LogP contribution >= 0.6 is 8.60 Å². The van der Waals surface area contributed by atoms with Gasteiger partial charge in [-0.2, -0.15) is 0 Å². The topological polar surface area (TPSA) is 58.9 Å². The second-order valence-corrected chi connectivity index (χ2v) is 7.84. The maximum Gasteiger partial charge on any atom is 0.329 e. The highest BCUT2D eigenvalue weighted by Gasteiger charge is 2.19. The van der Waals surface area contributed by atoms with Gasteiger partial charge in [0.05, 0.1) is 19.8 Å². The van der Waals surface area contributed by atoms with Crippen LogP contribution in [0.15, 0.2) is 0 Å². The van der Waals surface area contributed by atoms with E-state index in [9.17, 15) is 4.89 Å². The van der Waals surface area contributed by atoms with E-state index in [1.54, 1.807) is 0 Å².